The lowest BCUT2D eigenvalue weighted by molar-refractivity contribution is -0.0756. The third kappa shape index (κ3) is 5.80. The molecule has 4 heteroatoms. The quantitative estimate of drug-likeness (QED) is 0.685. The van der Waals surface area contributed by atoms with Crippen LogP contribution in [-0.4, -0.2) is 50.6 Å². The Balaban J connectivity index is 2.07. The first kappa shape index (κ1) is 13.9. The van der Waals surface area contributed by atoms with Crippen molar-refractivity contribution >= 4 is 0 Å². The fourth-order valence-electron chi connectivity index (χ4n) is 1.67. The van der Waals surface area contributed by atoms with E-state index in [-0.39, 0.29) is 17.7 Å². The second-order valence-electron chi connectivity index (χ2n) is 5.37. The maximum Gasteiger partial charge on any atom is 0.0958 e. The van der Waals surface area contributed by atoms with Gasteiger partial charge in [0.1, 0.15) is 0 Å². The van der Waals surface area contributed by atoms with E-state index in [1.807, 2.05) is 0 Å². The molecule has 2 atom stereocenters. The molecule has 16 heavy (non-hydrogen) atoms. The Morgan fingerprint density at radius 1 is 1.50 bits per heavy atom. The van der Waals surface area contributed by atoms with Crippen molar-refractivity contribution in [3.8, 4) is 0 Å². The summed E-state index contributed by atoms with van der Waals surface area (Å²) >= 11 is 0. The summed E-state index contributed by atoms with van der Waals surface area (Å²) in [7, 11) is 0. The Morgan fingerprint density at radius 2 is 2.25 bits per heavy atom. The Hall–Kier alpha value is -0.160. The first-order chi connectivity index (χ1) is 7.49. The summed E-state index contributed by atoms with van der Waals surface area (Å²) in [6.07, 6.45) is 0.359. The van der Waals surface area contributed by atoms with Gasteiger partial charge in [-0.15, -0.1) is 0 Å². The molecule has 1 heterocycles. The van der Waals surface area contributed by atoms with Gasteiger partial charge in [0.25, 0.3) is 0 Å². The number of hydrogen-bond acceptors (Lipinski definition) is 4. The molecule has 1 aliphatic heterocycles. The number of hydrogen-bond donors (Lipinski definition) is 2. The highest BCUT2D eigenvalue weighted by atomic mass is 16.5. The first-order valence-corrected chi connectivity index (χ1v) is 6.18. The summed E-state index contributed by atoms with van der Waals surface area (Å²) in [5.74, 6) is 0. The van der Waals surface area contributed by atoms with Crippen molar-refractivity contribution in [1.29, 1.82) is 0 Å². The van der Waals surface area contributed by atoms with Crippen LogP contribution < -0.4 is 10.6 Å². The van der Waals surface area contributed by atoms with Crippen molar-refractivity contribution in [3.63, 3.8) is 0 Å². The van der Waals surface area contributed by atoms with Crippen LogP contribution in [0, 0.1) is 0 Å². The van der Waals surface area contributed by atoms with Gasteiger partial charge in [0.15, 0.2) is 0 Å². The van der Waals surface area contributed by atoms with Crippen LogP contribution >= 0.6 is 0 Å². The molecule has 0 aliphatic carbocycles. The van der Waals surface area contributed by atoms with Crippen molar-refractivity contribution in [2.45, 2.75) is 45.4 Å². The van der Waals surface area contributed by atoms with E-state index < -0.39 is 0 Å². The minimum Gasteiger partial charge on any atom is -0.374 e. The molecular weight excluding hydrogens is 204 g/mol. The third-order valence-electron chi connectivity index (χ3n) is 2.62. The van der Waals surface area contributed by atoms with Crippen molar-refractivity contribution in [1.82, 2.24) is 10.6 Å². The predicted molar refractivity (Wildman–Crippen MR) is 65.8 cm³/mol. The molecule has 0 aromatic rings. The van der Waals surface area contributed by atoms with Crippen LogP contribution in [0.4, 0.5) is 0 Å². The van der Waals surface area contributed by atoms with Crippen molar-refractivity contribution in [2.24, 2.45) is 0 Å². The van der Waals surface area contributed by atoms with Crippen molar-refractivity contribution < 1.29 is 9.47 Å². The highest BCUT2D eigenvalue weighted by Crippen LogP contribution is 2.06. The van der Waals surface area contributed by atoms with Gasteiger partial charge in [-0.05, 0) is 27.7 Å². The topological polar surface area (TPSA) is 42.5 Å². The summed E-state index contributed by atoms with van der Waals surface area (Å²) in [5.41, 5.74) is 0.162. The highest BCUT2D eigenvalue weighted by molar-refractivity contribution is 4.74. The van der Waals surface area contributed by atoms with Crippen molar-refractivity contribution in [3.05, 3.63) is 0 Å². The average Bonchev–Trinajstić information content (AvgIpc) is 2.24. The second kappa shape index (κ2) is 6.55. The minimum atomic E-state index is 0.162. The van der Waals surface area contributed by atoms with Gasteiger partial charge in [0.2, 0.25) is 0 Å². The van der Waals surface area contributed by atoms with Crippen LogP contribution in [0.25, 0.3) is 0 Å². The third-order valence-corrected chi connectivity index (χ3v) is 2.62. The van der Waals surface area contributed by atoms with Gasteiger partial charge in [-0.2, -0.15) is 0 Å². The smallest absolute Gasteiger partial charge is 0.0958 e. The normalized spacial score (nSPS) is 24.4. The Bertz CT molecular complexity index is 186. The molecule has 0 amide bonds. The fraction of sp³-hybridized carbons (Fsp3) is 1.00. The van der Waals surface area contributed by atoms with E-state index in [0.29, 0.717) is 0 Å². The molecule has 0 spiro atoms. The van der Waals surface area contributed by atoms with Gasteiger partial charge in [-0.1, -0.05) is 0 Å². The van der Waals surface area contributed by atoms with E-state index in [4.69, 9.17) is 9.47 Å². The second-order valence-corrected chi connectivity index (χ2v) is 5.37. The van der Waals surface area contributed by atoms with Crippen LogP contribution in [0.5, 0.6) is 0 Å². The van der Waals surface area contributed by atoms with Crippen LogP contribution in [0.2, 0.25) is 0 Å². The van der Waals surface area contributed by atoms with Crippen molar-refractivity contribution in [2.75, 3.05) is 32.8 Å². The Morgan fingerprint density at radius 3 is 2.81 bits per heavy atom. The van der Waals surface area contributed by atoms with E-state index in [2.05, 4.69) is 38.3 Å². The lowest BCUT2D eigenvalue weighted by Crippen LogP contribution is -2.46. The zero-order chi connectivity index (χ0) is 12.0. The number of nitrogens with one attached hydrogen (secondary N) is 2. The molecule has 1 aliphatic rings. The molecule has 0 aromatic heterocycles. The number of rotatable bonds is 5. The molecule has 1 saturated heterocycles. The lowest BCUT2D eigenvalue weighted by Gasteiger charge is -2.29. The minimum absolute atomic E-state index is 0.162. The molecule has 96 valence electrons. The zero-order valence-corrected chi connectivity index (χ0v) is 11.0. The summed E-state index contributed by atoms with van der Waals surface area (Å²) in [5, 5.41) is 6.71. The standard InChI is InChI=1S/C12H26N2O2/c1-10(11-9-13-5-7-16-11)15-8-6-14-12(2,3)4/h10-11,13-14H,5-9H2,1-4H3. The van der Waals surface area contributed by atoms with Crippen LogP contribution in [0.15, 0.2) is 0 Å². The van der Waals surface area contributed by atoms with E-state index in [9.17, 15) is 0 Å². The maximum atomic E-state index is 5.75. The molecule has 4 nitrogen and oxygen atoms in total. The molecule has 0 aromatic carbocycles. The van der Waals surface area contributed by atoms with Crippen LogP contribution in [0.1, 0.15) is 27.7 Å². The summed E-state index contributed by atoms with van der Waals surface area (Å²) < 4.78 is 11.4. The average molecular weight is 230 g/mol. The summed E-state index contributed by atoms with van der Waals surface area (Å²) in [6, 6.07) is 0. The molecule has 1 rings (SSSR count). The molecule has 0 bridgehead atoms. The van der Waals surface area contributed by atoms with E-state index >= 15 is 0 Å². The maximum absolute atomic E-state index is 5.75. The largest absolute Gasteiger partial charge is 0.374 e. The van der Waals surface area contributed by atoms with Gasteiger partial charge in [-0.25, -0.2) is 0 Å². The summed E-state index contributed by atoms with van der Waals surface area (Å²) in [4.78, 5) is 0. The van der Waals surface area contributed by atoms with Gasteiger partial charge in [-0.3, -0.25) is 0 Å². The zero-order valence-electron chi connectivity index (χ0n) is 11.0. The molecule has 0 radical (unpaired) electrons. The van der Waals surface area contributed by atoms with Crippen LogP contribution in [-0.2, 0) is 9.47 Å². The van der Waals surface area contributed by atoms with E-state index in [1.165, 1.54) is 0 Å². The lowest BCUT2D eigenvalue weighted by atomic mass is 10.1. The van der Waals surface area contributed by atoms with Gasteiger partial charge in [0.05, 0.1) is 25.4 Å². The van der Waals surface area contributed by atoms with Gasteiger partial charge in [0, 0.05) is 25.2 Å². The number of morpholine rings is 1. The summed E-state index contributed by atoms with van der Waals surface area (Å²) in [6.45, 7) is 12.8. The predicted octanol–water partition coefficient (Wildman–Crippen LogP) is 0.768. The Labute approximate surface area is 99.1 Å². The Kier molecular flexibility index (Phi) is 5.69. The number of ether oxygens (including phenoxy) is 2. The first-order valence-electron chi connectivity index (χ1n) is 6.18. The van der Waals surface area contributed by atoms with Crippen LogP contribution in [0.3, 0.4) is 0 Å². The molecule has 2 N–H and O–H groups in total. The van der Waals surface area contributed by atoms with Gasteiger partial charge >= 0.3 is 0 Å². The SMILES string of the molecule is CC(OCCNC(C)(C)C)C1CNCCO1. The van der Waals surface area contributed by atoms with Gasteiger partial charge < -0.3 is 20.1 Å². The molecule has 0 saturated carbocycles. The highest BCUT2D eigenvalue weighted by Gasteiger charge is 2.20. The molecule has 1 fully saturated rings. The van der Waals surface area contributed by atoms with E-state index in [1.54, 1.807) is 0 Å². The fourth-order valence-corrected chi connectivity index (χ4v) is 1.67. The monoisotopic (exact) mass is 230 g/mol. The molecular formula is C12H26N2O2. The molecule has 2 unspecified atom stereocenters. The van der Waals surface area contributed by atoms with E-state index in [0.717, 1.165) is 32.8 Å².